The second kappa shape index (κ2) is 11.2. The number of para-hydroxylation sites is 1. The maximum absolute atomic E-state index is 12.1. The highest BCUT2D eigenvalue weighted by atomic mass is 16.6. The molecule has 0 heterocycles. The molecule has 0 saturated carbocycles. The quantitative estimate of drug-likeness (QED) is 0.554. The molecule has 0 fully saturated rings. The van der Waals surface area contributed by atoms with Crippen LogP contribution in [0.3, 0.4) is 0 Å². The number of alkyl carbamates (subject to hydrolysis) is 2. The van der Waals surface area contributed by atoms with E-state index in [1.54, 1.807) is 20.8 Å². The van der Waals surface area contributed by atoms with Crippen molar-refractivity contribution in [3.05, 3.63) is 54.1 Å². The zero-order valence-corrected chi connectivity index (χ0v) is 19.5. The lowest BCUT2D eigenvalue weighted by molar-refractivity contribution is -0.139. The van der Waals surface area contributed by atoms with Crippen molar-refractivity contribution >= 4 is 23.8 Å². The Labute approximate surface area is 193 Å². The van der Waals surface area contributed by atoms with Crippen LogP contribution in [0, 0.1) is 0 Å². The number of benzene rings is 2. The highest BCUT2D eigenvalue weighted by Crippen LogP contribution is 2.29. The molecule has 9 heteroatoms. The molecule has 2 aromatic rings. The molecule has 178 valence electrons. The van der Waals surface area contributed by atoms with E-state index < -0.39 is 29.8 Å². The van der Waals surface area contributed by atoms with E-state index >= 15 is 0 Å². The number of nitrogens with zero attached hydrogens (tertiary/aromatic N) is 1. The summed E-state index contributed by atoms with van der Waals surface area (Å²) in [6, 6.07) is 14.2. The first kappa shape index (κ1) is 25.5. The predicted molar refractivity (Wildman–Crippen MR) is 125 cm³/mol. The largest absolute Gasteiger partial charge is 0.480 e. The lowest BCUT2D eigenvalue weighted by atomic mass is 10.0. The van der Waals surface area contributed by atoms with E-state index in [1.807, 2.05) is 67.5 Å². The molecule has 0 unspecified atom stereocenters. The molecule has 2 amide bonds. The van der Waals surface area contributed by atoms with Crippen LogP contribution in [0.4, 0.5) is 15.3 Å². The van der Waals surface area contributed by atoms with Crippen molar-refractivity contribution < 1.29 is 29.0 Å². The molecule has 3 N–H and O–H groups in total. The smallest absolute Gasteiger partial charge is 0.408 e. The molecule has 0 spiro atoms. The van der Waals surface area contributed by atoms with Gasteiger partial charge in [0.25, 0.3) is 0 Å². The van der Waals surface area contributed by atoms with Gasteiger partial charge in [-0.05, 0) is 38.0 Å². The topological polar surface area (TPSA) is 117 Å². The van der Waals surface area contributed by atoms with Gasteiger partial charge in [0.1, 0.15) is 18.2 Å². The third-order valence-corrected chi connectivity index (χ3v) is 4.46. The predicted octanol–water partition coefficient (Wildman–Crippen LogP) is 3.62. The Bertz CT molecular complexity index is 967. The van der Waals surface area contributed by atoms with Crippen LogP contribution in [0.5, 0.6) is 0 Å². The molecule has 0 saturated heterocycles. The number of amides is 2. The van der Waals surface area contributed by atoms with Gasteiger partial charge < -0.3 is 30.1 Å². The Hall–Kier alpha value is -3.75. The number of anilines is 1. The molecule has 0 aliphatic carbocycles. The van der Waals surface area contributed by atoms with Gasteiger partial charge in [-0.15, -0.1) is 0 Å². The van der Waals surface area contributed by atoms with Crippen LogP contribution >= 0.6 is 0 Å². The lowest BCUT2D eigenvalue weighted by Crippen LogP contribution is -2.49. The zero-order valence-electron chi connectivity index (χ0n) is 19.5. The average molecular weight is 458 g/mol. The molecule has 2 rings (SSSR count). The van der Waals surface area contributed by atoms with Gasteiger partial charge in [-0.1, -0.05) is 42.5 Å². The Kier molecular flexibility index (Phi) is 8.67. The zero-order chi connectivity index (χ0) is 24.6. The summed E-state index contributed by atoms with van der Waals surface area (Å²) >= 11 is 0. The Morgan fingerprint density at radius 3 is 2.21 bits per heavy atom. The lowest BCUT2D eigenvalue weighted by Gasteiger charge is -2.21. The number of hydrogen-bond donors (Lipinski definition) is 3. The number of carboxylic acid groups (broad SMARTS) is 1. The molecule has 0 aliphatic heterocycles. The first-order valence-electron chi connectivity index (χ1n) is 10.4. The summed E-state index contributed by atoms with van der Waals surface area (Å²) in [5.41, 5.74) is 3.20. The monoisotopic (exact) mass is 457 g/mol. The van der Waals surface area contributed by atoms with Crippen molar-refractivity contribution in [2.75, 3.05) is 25.5 Å². The van der Waals surface area contributed by atoms with Crippen LogP contribution in [-0.2, 0) is 20.9 Å². The average Bonchev–Trinajstić information content (AvgIpc) is 2.74. The van der Waals surface area contributed by atoms with Gasteiger partial charge in [0, 0.05) is 25.3 Å². The fourth-order valence-electron chi connectivity index (χ4n) is 2.92. The van der Waals surface area contributed by atoms with Crippen molar-refractivity contribution in [3.8, 4) is 11.1 Å². The van der Waals surface area contributed by atoms with E-state index in [4.69, 9.17) is 9.47 Å². The minimum Gasteiger partial charge on any atom is -0.480 e. The van der Waals surface area contributed by atoms with Crippen molar-refractivity contribution in [2.45, 2.75) is 39.0 Å². The molecule has 0 bridgehead atoms. The maximum atomic E-state index is 12.1. The Balaban J connectivity index is 1.90. The SMILES string of the molecule is CN(C)c1ccccc1-c1ccc(COC(=O)N[C@@H](CNC(=O)OC(C)(C)C)C(=O)O)cc1. The van der Waals surface area contributed by atoms with Crippen LogP contribution in [0.25, 0.3) is 11.1 Å². The molecule has 1 atom stereocenters. The molecule has 9 nitrogen and oxygen atoms in total. The van der Waals surface area contributed by atoms with Gasteiger partial charge in [0.2, 0.25) is 0 Å². The maximum Gasteiger partial charge on any atom is 0.408 e. The minimum absolute atomic E-state index is 0.0345. The van der Waals surface area contributed by atoms with Crippen molar-refractivity contribution in [3.63, 3.8) is 0 Å². The van der Waals surface area contributed by atoms with Crippen molar-refractivity contribution in [1.82, 2.24) is 10.6 Å². The fraction of sp³-hybridized carbons (Fsp3) is 0.375. The minimum atomic E-state index is -1.37. The number of carbonyl (C=O) groups is 3. The van der Waals surface area contributed by atoms with E-state index in [1.165, 1.54) is 0 Å². The van der Waals surface area contributed by atoms with Crippen LogP contribution in [0.2, 0.25) is 0 Å². The second-order valence-electron chi connectivity index (χ2n) is 8.60. The van der Waals surface area contributed by atoms with Gasteiger partial charge in [-0.3, -0.25) is 0 Å². The highest BCUT2D eigenvalue weighted by molar-refractivity contribution is 5.81. The third kappa shape index (κ3) is 8.36. The summed E-state index contributed by atoms with van der Waals surface area (Å²) in [5, 5.41) is 13.8. The van der Waals surface area contributed by atoms with E-state index in [-0.39, 0.29) is 13.2 Å². The number of ether oxygens (including phenoxy) is 2. The van der Waals surface area contributed by atoms with E-state index in [0.717, 1.165) is 22.4 Å². The van der Waals surface area contributed by atoms with Gasteiger partial charge in [-0.2, -0.15) is 0 Å². The molecular weight excluding hydrogens is 426 g/mol. The molecule has 33 heavy (non-hydrogen) atoms. The number of carboxylic acids is 1. The Morgan fingerprint density at radius 1 is 1.00 bits per heavy atom. The van der Waals surface area contributed by atoms with E-state index in [2.05, 4.69) is 10.6 Å². The van der Waals surface area contributed by atoms with Crippen LogP contribution in [-0.4, -0.2) is 55.5 Å². The molecular formula is C24H31N3O6. The van der Waals surface area contributed by atoms with Gasteiger partial charge in [-0.25, -0.2) is 14.4 Å². The Morgan fingerprint density at radius 2 is 1.64 bits per heavy atom. The summed E-state index contributed by atoms with van der Waals surface area (Å²) in [5.74, 6) is -1.31. The number of rotatable bonds is 8. The highest BCUT2D eigenvalue weighted by Gasteiger charge is 2.23. The van der Waals surface area contributed by atoms with Crippen LogP contribution in [0.15, 0.2) is 48.5 Å². The molecule has 2 aromatic carbocycles. The number of nitrogens with one attached hydrogen (secondary N) is 2. The summed E-state index contributed by atoms with van der Waals surface area (Å²) in [4.78, 5) is 37.2. The van der Waals surface area contributed by atoms with E-state index in [9.17, 15) is 19.5 Å². The summed E-state index contributed by atoms with van der Waals surface area (Å²) < 4.78 is 10.2. The van der Waals surface area contributed by atoms with Gasteiger partial charge >= 0.3 is 18.2 Å². The van der Waals surface area contributed by atoms with Gasteiger partial charge in [0.15, 0.2) is 0 Å². The van der Waals surface area contributed by atoms with E-state index in [0.29, 0.717) is 0 Å². The second-order valence-corrected chi connectivity index (χ2v) is 8.60. The van der Waals surface area contributed by atoms with Crippen LogP contribution < -0.4 is 15.5 Å². The standard InChI is InChI=1S/C24H31N3O6/c1-24(2,3)33-22(30)25-14-19(21(28)29)26-23(31)32-15-16-10-12-17(13-11-16)18-8-6-7-9-20(18)27(4)5/h6-13,19H,14-15H2,1-5H3,(H,25,30)(H,26,31)(H,28,29)/t19-/m0/s1. The first-order valence-corrected chi connectivity index (χ1v) is 10.4. The number of carbonyl (C=O) groups excluding carboxylic acids is 2. The number of hydrogen-bond acceptors (Lipinski definition) is 6. The third-order valence-electron chi connectivity index (χ3n) is 4.46. The fourth-order valence-corrected chi connectivity index (χ4v) is 2.92. The number of aliphatic carboxylic acids is 1. The summed E-state index contributed by atoms with van der Waals surface area (Å²) in [6.45, 7) is 4.67. The van der Waals surface area contributed by atoms with Gasteiger partial charge in [0.05, 0.1) is 6.54 Å². The summed E-state index contributed by atoms with van der Waals surface area (Å²) in [7, 11) is 3.96. The first-order chi connectivity index (χ1) is 15.5. The molecule has 0 aliphatic rings. The van der Waals surface area contributed by atoms with Crippen molar-refractivity contribution in [1.29, 1.82) is 0 Å². The molecule has 0 aromatic heterocycles. The summed E-state index contributed by atoms with van der Waals surface area (Å²) in [6.07, 6.45) is -1.68. The normalized spacial score (nSPS) is 11.8. The molecule has 0 radical (unpaired) electrons. The van der Waals surface area contributed by atoms with Crippen LogP contribution in [0.1, 0.15) is 26.3 Å². The van der Waals surface area contributed by atoms with Crippen molar-refractivity contribution in [2.24, 2.45) is 0 Å².